The lowest BCUT2D eigenvalue weighted by atomic mass is 10.1. The summed E-state index contributed by atoms with van der Waals surface area (Å²) >= 11 is 0. The van der Waals surface area contributed by atoms with Crippen molar-refractivity contribution in [1.82, 2.24) is 10.3 Å². The van der Waals surface area contributed by atoms with Crippen LogP contribution in [0.5, 0.6) is 5.75 Å². The molecule has 3 rings (SSSR count). The van der Waals surface area contributed by atoms with Crippen molar-refractivity contribution in [3.8, 4) is 11.8 Å². The van der Waals surface area contributed by atoms with E-state index in [2.05, 4.69) is 16.4 Å². The zero-order valence-corrected chi connectivity index (χ0v) is 15.0. The van der Waals surface area contributed by atoms with Gasteiger partial charge in [0.25, 0.3) is 5.91 Å². The molecule has 0 saturated carbocycles. The fourth-order valence-corrected chi connectivity index (χ4v) is 2.60. The van der Waals surface area contributed by atoms with Gasteiger partial charge in [-0.2, -0.15) is 5.26 Å². The van der Waals surface area contributed by atoms with Crippen LogP contribution in [-0.4, -0.2) is 10.9 Å². The molecule has 1 heterocycles. The SMILES string of the molecule is Cc1cccc(C(=O)NCc2ccc(C#N)cc2OCc2ccccn2)c1. The predicted molar refractivity (Wildman–Crippen MR) is 102 cm³/mol. The summed E-state index contributed by atoms with van der Waals surface area (Å²) in [5.41, 5.74) is 3.72. The standard InChI is InChI=1S/C22H19N3O2/c1-16-5-4-6-18(11-16)22(26)25-14-19-9-8-17(13-23)12-21(19)27-15-20-7-2-3-10-24-20/h2-12H,14-15H2,1H3,(H,25,26). The third-order valence-corrected chi connectivity index (χ3v) is 4.02. The molecule has 134 valence electrons. The predicted octanol–water partition coefficient (Wildman–Crippen LogP) is 3.77. The number of nitrogens with zero attached hydrogens (tertiary/aromatic N) is 2. The van der Waals surface area contributed by atoms with E-state index in [0.717, 1.165) is 16.8 Å². The number of hydrogen-bond acceptors (Lipinski definition) is 4. The molecule has 27 heavy (non-hydrogen) atoms. The second-order valence-corrected chi connectivity index (χ2v) is 6.10. The second kappa shape index (κ2) is 8.63. The first-order valence-corrected chi connectivity index (χ1v) is 8.56. The van der Waals surface area contributed by atoms with E-state index in [0.29, 0.717) is 23.4 Å². The maximum Gasteiger partial charge on any atom is 0.251 e. The van der Waals surface area contributed by atoms with E-state index in [4.69, 9.17) is 10.00 Å². The Hall–Kier alpha value is -3.65. The molecule has 5 heteroatoms. The molecule has 1 amide bonds. The molecule has 0 atom stereocenters. The number of carbonyl (C=O) groups is 1. The maximum absolute atomic E-state index is 12.4. The molecular formula is C22H19N3O2. The lowest BCUT2D eigenvalue weighted by Crippen LogP contribution is -2.23. The van der Waals surface area contributed by atoms with E-state index in [-0.39, 0.29) is 12.5 Å². The number of amides is 1. The monoisotopic (exact) mass is 357 g/mol. The first-order valence-electron chi connectivity index (χ1n) is 8.56. The van der Waals surface area contributed by atoms with Gasteiger partial charge in [0, 0.05) is 23.9 Å². The van der Waals surface area contributed by atoms with Crippen LogP contribution in [-0.2, 0) is 13.2 Å². The third kappa shape index (κ3) is 4.93. The summed E-state index contributed by atoms with van der Waals surface area (Å²) in [6.07, 6.45) is 1.70. The molecule has 1 aromatic heterocycles. The van der Waals surface area contributed by atoms with Gasteiger partial charge >= 0.3 is 0 Å². The van der Waals surface area contributed by atoms with Gasteiger partial charge < -0.3 is 10.1 Å². The van der Waals surface area contributed by atoms with Crippen molar-refractivity contribution in [2.24, 2.45) is 0 Å². The van der Waals surface area contributed by atoms with E-state index >= 15 is 0 Å². The first kappa shape index (κ1) is 18.2. The van der Waals surface area contributed by atoms with Crippen LogP contribution in [0.25, 0.3) is 0 Å². The van der Waals surface area contributed by atoms with Gasteiger partial charge in [-0.25, -0.2) is 0 Å². The van der Waals surface area contributed by atoms with Gasteiger partial charge in [0.05, 0.1) is 17.3 Å². The number of nitrogens with one attached hydrogen (secondary N) is 1. The fraction of sp³-hybridized carbons (Fsp3) is 0.136. The number of carbonyl (C=O) groups excluding carboxylic acids is 1. The number of benzene rings is 2. The number of aryl methyl sites for hydroxylation is 1. The van der Waals surface area contributed by atoms with E-state index < -0.39 is 0 Å². The zero-order chi connectivity index (χ0) is 19.1. The number of pyridine rings is 1. The van der Waals surface area contributed by atoms with Crippen LogP contribution in [0.4, 0.5) is 0 Å². The second-order valence-electron chi connectivity index (χ2n) is 6.10. The first-order chi connectivity index (χ1) is 13.2. The van der Waals surface area contributed by atoms with E-state index in [1.54, 1.807) is 30.5 Å². The van der Waals surface area contributed by atoms with E-state index in [9.17, 15) is 4.79 Å². The quantitative estimate of drug-likeness (QED) is 0.729. The Bertz CT molecular complexity index is 978. The number of hydrogen-bond donors (Lipinski definition) is 1. The largest absolute Gasteiger partial charge is 0.487 e. The summed E-state index contributed by atoms with van der Waals surface area (Å²) in [5.74, 6) is 0.406. The minimum atomic E-state index is -0.154. The summed E-state index contributed by atoms with van der Waals surface area (Å²) in [6.45, 7) is 2.53. The van der Waals surface area contributed by atoms with E-state index in [1.165, 1.54) is 0 Å². The van der Waals surface area contributed by atoms with Gasteiger partial charge in [-0.3, -0.25) is 9.78 Å². The summed E-state index contributed by atoms with van der Waals surface area (Å²) in [7, 11) is 0. The Balaban J connectivity index is 1.72. The molecule has 2 aromatic carbocycles. The molecule has 0 radical (unpaired) electrons. The Morgan fingerprint density at radius 2 is 2.04 bits per heavy atom. The van der Waals surface area contributed by atoms with Crippen molar-refractivity contribution >= 4 is 5.91 Å². The lowest BCUT2D eigenvalue weighted by Gasteiger charge is -2.13. The van der Waals surface area contributed by atoms with Crippen LogP contribution in [0.1, 0.15) is 32.7 Å². The van der Waals surface area contributed by atoms with Gasteiger partial charge in [-0.15, -0.1) is 0 Å². The van der Waals surface area contributed by atoms with Crippen molar-refractivity contribution in [1.29, 1.82) is 5.26 Å². The Morgan fingerprint density at radius 3 is 2.78 bits per heavy atom. The number of nitriles is 1. The third-order valence-electron chi connectivity index (χ3n) is 4.02. The smallest absolute Gasteiger partial charge is 0.251 e. The molecule has 0 spiro atoms. The minimum Gasteiger partial charge on any atom is -0.487 e. The van der Waals surface area contributed by atoms with Gasteiger partial charge in [0.1, 0.15) is 12.4 Å². The Kier molecular flexibility index (Phi) is 5.80. The summed E-state index contributed by atoms with van der Waals surface area (Å²) < 4.78 is 5.86. The molecule has 0 unspecified atom stereocenters. The van der Waals surface area contributed by atoms with Crippen LogP contribution in [0.15, 0.2) is 66.9 Å². The highest BCUT2D eigenvalue weighted by Crippen LogP contribution is 2.21. The molecule has 0 saturated heterocycles. The van der Waals surface area contributed by atoms with Crippen molar-refractivity contribution < 1.29 is 9.53 Å². The molecule has 0 aliphatic rings. The number of aromatic nitrogens is 1. The van der Waals surface area contributed by atoms with Gasteiger partial charge in [-0.05, 0) is 43.3 Å². The maximum atomic E-state index is 12.4. The van der Waals surface area contributed by atoms with Crippen molar-refractivity contribution in [2.45, 2.75) is 20.1 Å². The fourth-order valence-electron chi connectivity index (χ4n) is 2.60. The van der Waals surface area contributed by atoms with Gasteiger partial charge in [0.15, 0.2) is 0 Å². The minimum absolute atomic E-state index is 0.154. The highest BCUT2D eigenvalue weighted by molar-refractivity contribution is 5.94. The molecule has 1 N–H and O–H groups in total. The zero-order valence-electron chi connectivity index (χ0n) is 15.0. The topological polar surface area (TPSA) is 75.0 Å². The van der Waals surface area contributed by atoms with Crippen LogP contribution in [0.3, 0.4) is 0 Å². The van der Waals surface area contributed by atoms with E-state index in [1.807, 2.05) is 43.3 Å². The Morgan fingerprint density at radius 1 is 1.15 bits per heavy atom. The van der Waals surface area contributed by atoms with Gasteiger partial charge in [0.2, 0.25) is 0 Å². The highest BCUT2D eigenvalue weighted by Gasteiger charge is 2.10. The molecule has 5 nitrogen and oxygen atoms in total. The highest BCUT2D eigenvalue weighted by atomic mass is 16.5. The van der Waals surface area contributed by atoms with Gasteiger partial charge in [-0.1, -0.05) is 29.8 Å². The Labute approximate surface area is 158 Å². The molecule has 3 aromatic rings. The van der Waals surface area contributed by atoms with Crippen LogP contribution < -0.4 is 10.1 Å². The normalized spacial score (nSPS) is 10.1. The molecular weight excluding hydrogens is 338 g/mol. The van der Waals surface area contributed by atoms with Crippen molar-refractivity contribution in [3.63, 3.8) is 0 Å². The lowest BCUT2D eigenvalue weighted by molar-refractivity contribution is 0.0950. The van der Waals surface area contributed by atoms with Crippen molar-refractivity contribution in [2.75, 3.05) is 0 Å². The number of ether oxygens (including phenoxy) is 1. The summed E-state index contributed by atoms with van der Waals surface area (Å²) in [5, 5.41) is 12.0. The molecule has 0 bridgehead atoms. The molecule has 0 fully saturated rings. The van der Waals surface area contributed by atoms with Crippen LogP contribution in [0, 0.1) is 18.3 Å². The van der Waals surface area contributed by atoms with Crippen molar-refractivity contribution in [3.05, 3.63) is 94.8 Å². The van der Waals surface area contributed by atoms with Crippen LogP contribution >= 0.6 is 0 Å². The summed E-state index contributed by atoms with van der Waals surface area (Å²) in [6, 6.07) is 20.3. The molecule has 0 aliphatic carbocycles. The van der Waals surface area contributed by atoms with Crippen LogP contribution in [0.2, 0.25) is 0 Å². The average molecular weight is 357 g/mol. The number of rotatable bonds is 6. The summed E-state index contributed by atoms with van der Waals surface area (Å²) in [4.78, 5) is 16.6. The average Bonchev–Trinajstić information content (AvgIpc) is 2.71. The molecule has 0 aliphatic heterocycles.